The minimum atomic E-state index is 0.751. The lowest BCUT2D eigenvalue weighted by atomic mass is 9.89. The van der Waals surface area contributed by atoms with Crippen molar-refractivity contribution in [3.8, 4) is 5.75 Å². The van der Waals surface area contributed by atoms with Crippen LogP contribution in [0, 0.1) is 5.92 Å². The van der Waals surface area contributed by atoms with E-state index in [1.165, 1.54) is 55.4 Å². The van der Waals surface area contributed by atoms with E-state index in [0.29, 0.717) is 0 Å². The molecule has 21 heavy (non-hydrogen) atoms. The van der Waals surface area contributed by atoms with E-state index in [1.54, 1.807) is 7.11 Å². The smallest absolute Gasteiger partial charge is 0.119 e. The van der Waals surface area contributed by atoms with E-state index in [2.05, 4.69) is 38.3 Å². The normalized spacial score (nSPS) is 27.0. The molecule has 2 saturated heterocycles. The number of nitrogens with one attached hydrogen (secondary N) is 1. The molecule has 0 aromatic heterocycles. The standard InChI is InChI=1S/C17H25BrN2O/c1-21-15-6-7-16(18)14(10-15)12-20-9-3-4-13(11-20)17-5-2-8-19-17/h6-7,10,13,17,19H,2-5,8-9,11-12H2,1H3. The Hall–Kier alpha value is -0.580. The first-order valence-electron chi connectivity index (χ1n) is 8.04. The Balaban J connectivity index is 1.64. The van der Waals surface area contributed by atoms with E-state index in [-0.39, 0.29) is 0 Å². The highest BCUT2D eigenvalue weighted by Gasteiger charge is 2.29. The summed E-state index contributed by atoms with van der Waals surface area (Å²) in [7, 11) is 1.73. The van der Waals surface area contributed by atoms with Crippen molar-refractivity contribution >= 4 is 15.9 Å². The number of nitrogens with zero attached hydrogens (tertiary/aromatic N) is 1. The van der Waals surface area contributed by atoms with Crippen LogP contribution in [0.2, 0.25) is 0 Å². The maximum atomic E-state index is 5.35. The molecule has 2 heterocycles. The molecule has 0 spiro atoms. The summed E-state index contributed by atoms with van der Waals surface area (Å²) in [5, 5.41) is 3.68. The molecule has 3 rings (SSSR count). The van der Waals surface area contributed by atoms with E-state index in [0.717, 1.165) is 24.3 Å². The van der Waals surface area contributed by atoms with Gasteiger partial charge in [0.05, 0.1) is 7.11 Å². The molecule has 0 bridgehead atoms. The van der Waals surface area contributed by atoms with Gasteiger partial charge in [0.1, 0.15) is 5.75 Å². The Morgan fingerprint density at radius 1 is 1.33 bits per heavy atom. The molecule has 0 saturated carbocycles. The van der Waals surface area contributed by atoms with Crippen molar-refractivity contribution in [1.29, 1.82) is 0 Å². The van der Waals surface area contributed by atoms with Crippen LogP contribution in [0.3, 0.4) is 0 Å². The number of benzene rings is 1. The summed E-state index contributed by atoms with van der Waals surface area (Å²) in [5.41, 5.74) is 1.33. The van der Waals surface area contributed by atoms with Crippen molar-refractivity contribution in [3.63, 3.8) is 0 Å². The van der Waals surface area contributed by atoms with Gasteiger partial charge in [-0.1, -0.05) is 15.9 Å². The third-order valence-electron chi connectivity index (χ3n) is 4.86. The monoisotopic (exact) mass is 352 g/mol. The van der Waals surface area contributed by atoms with E-state index in [9.17, 15) is 0 Å². The first-order chi connectivity index (χ1) is 10.3. The minimum absolute atomic E-state index is 0.751. The Bertz CT molecular complexity index is 474. The molecule has 1 N–H and O–H groups in total. The van der Waals surface area contributed by atoms with Crippen LogP contribution in [0.25, 0.3) is 0 Å². The van der Waals surface area contributed by atoms with Gasteiger partial charge in [0.15, 0.2) is 0 Å². The number of piperidine rings is 1. The molecule has 3 nitrogen and oxygen atoms in total. The summed E-state index contributed by atoms with van der Waals surface area (Å²) in [6.45, 7) is 4.66. The summed E-state index contributed by atoms with van der Waals surface area (Å²) in [5.74, 6) is 1.77. The zero-order valence-electron chi connectivity index (χ0n) is 12.8. The number of ether oxygens (including phenoxy) is 1. The van der Waals surface area contributed by atoms with Crippen LogP contribution in [0.1, 0.15) is 31.2 Å². The fourth-order valence-corrected chi connectivity index (χ4v) is 4.09. The highest BCUT2D eigenvalue weighted by atomic mass is 79.9. The zero-order valence-corrected chi connectivity index (χ0v) is 14.4. The van der Waals surface area contributed by atoms with Crippen molar-refractivity contribution in [2.75, 3.05) is 26.7 Å². The molecule has 116 valence electrons. The Morgan fingerprint density at radius 2 is 2.24 bits per heavy atom. The fourth-order valence-electron chi connectivity index (χ4n) is 3.72. The first kappa shape index (κ1) is 15.3. The van der Waals surface area contributed by atoms with Crippen molar-refractivity contribution in [2.24, 2.45) is 5.92 Å². The number of methoxy groups -OCH3 is 1. The lowest BCUT2D eigenvalue weighted by molar-refractivity contribution is 0.145. The number of likely N-dealkylation sites (tertiary alicyclic amines) is 1. The molecule has 2 aliphatic rings. The van der Waals surface area contributed by atoms with Gasteiger partial charge in [0.2, 0.25) is 0 Å². The van der Waals surface area contributed by atoms with Gasteiger partial charge in [-0.2, -0.15) is 0 Å². The van der Waals surface area contributed by atoms with Crippen LogP contribution in [0.4, 0.5) is 0 Å². The molecule has 0 aliphatic carbocycles. The summed E-state index contributed by atoms with van der Waals surface area (Å²) in [6.07, 6.45) is 5.42. The third kappa shape index (κ3) is 3.79. The lowest BCUT2D eigenvalue weighted by Crippen LogP contribution is -2.43. The van der Waals surface area contributed by atoms with Crippen molar-refractivity contribution in [2.45, 2.75) is 38.3 Å². The number of halogens is 1. The number of hydrogen-bond donors (Lipinski definition) is 1. The molecule has 2 fully saturated rings. The van der Waals surface area contributed by atoms with Gasteiger partial charge in [-0.25, -0.2) is 0 Å². The van der Waals surface area contributed by atoms with Crippen molar-refractivity contribution in [3.05, 3.63) is 28.2 Å². The molecular weight excluding hydrogens is 328 g/mol. The molecule has 0 amide bonds. The highest BCUT2D eigenvalue weighted by molar-refractivity contribution is 9.10. The topological polar surface area (TPSA) is 24.5 Å². The van der Waals surface area contributed by atoms with Crippen molar-refractivity contribution in [1.82, 2.24) is 10.2 Å². The molecule has 1 aromatic carbocycles. The molecular formula is C17H25BrN2O. The molecule has 1 aromatic rings. The van der Waals surface area contributed by atoms with Crippen LogP contribution in [-0.2, 0) is 6.54 Å². The van der Waals surface area contributed by atoms with E-state index >= 15 is 0 Å². The maximum absolute atomic E-state index is 5.35. The van der Waals surface area contributed by atoms with Gasteiger partial charge in [0, 0.05) is 23.6 Å². The van der Waals surface area contributed by atoms with Gasteiger partial charge >= 0.3 is 0 Å². The van der Waals surface area contributed by atoms with Crippen LogP contribution >= 0.6 is 15.9 Å². The quantitative estimate of drug-likeness (QED) is 0.898. The van der Waals surface area contributed by atoms with Crippen molar-refractivity contribution < 1.29 is 4.74 Å². The average molecular weight is 353 g/mol. The molecule has 2 aliphatic heterocycles. The Labute approximate surface area is 136 Å². The van der Waals surface area contributed by atoms with Gasteiger partial charge < -0.3 is 10.1 Å². The van der Waals surface area contributed by atoms with Crippen LogP contribution in [-0.4, -0.2) is 37.7 Å². The minimum Gasteiger partial charge on any atom is -0.497 e. The molecule has 4 heteroatoms. The summed E-state index contributed by atoms with van der Waals surface area (Å²) >= 11 is 3.67. The third-order valence-corrected chi connectivity index (χ3v) is 5.63. The lowest BCUT2D eigenvalue weighted by Gasteiger charge is -2.36. The second-order valence-electron chi connectivity index (χ2n) is 6.30. The van der Waals surface area contributed by atoms with Gasteiger partial charge in [0.25, 0.3) is 0 Å². The summed E-state index contributed by atoms with van der Waals surface area (Å²) < 4.78 is 6.54. The number of hydrogen-bond acceptors (Lipinski definition) is 3. The predicted molar refractivity (Wildman–Crippen MR) is 89.7 cm³/mol. The molecule has 2 unspecified atom stereocenters. The van der Waals surface area contributed by atoms with Crippen LogP contribution in [0.15, 0.2) is 22.7 Å². The fraction of sp³-hybridized carbons (Fsp3) is 0.647. The van der Waals surface area contributed by atoms with E-state index < -0.39 is 0 Å². The molecule has 2 atom stereocenters. The Kier molecular flexibility index (Phi) is 5.19. The van der Waals surface area contributed by atoms with Gasteiger partial charge in [-0.15, -0.1) is 0 Å². The van der Waals surface area contributed by atoms with Gasteiger partial charge in [-0.05, 0) is 68.5 Å². The van der Waals surface area contributed by atoms with Crippen LogP contribution in [0.5, 0.6) is 5.75 Å². The second kappa shape index (κ2) is 7.12. The van der Waals surface area contributed by atoms with E-state index in [1.807, 2.05) is 6.07 Å². The zero-order chi connectivity index (χ0) is 14.7. The number of rotatable bonds is 4. The summed E-state index contributed by atoms with van der Waals surface area (Å²) in [6, 6.07) is 7.01. The average Bonchev–Trinajstić information content (AvgIpc) is 3.04. The summed E-state index contributed by atoms with van der Waals surface area (Å²) in [4.78, 5) is 2.60. The largest absolute Gasteiger partial charge is 0.497 e. The molecule has 0 radical (unpaired) electrons. The maximum Gasteiger partial charge on any atom is 0.119 e. The Morgan fingerprint density at radius 3 is 3.00 bits per heavy atom. The van der Waals surface area contributed by atoms with Gasteiger partial charge in [-0.3, -0.25) is 4.90 Å². The highest BCUT2D eigenvalue weighted by Crippen LogP contribution is 2.28. The predicted octanol–water partition coefficient (Wildman–Crippen LogP) is 3.42. The SMILES string of the molecule is COc1ccc(Br)c(CN2CCCC(C3CCCN3)C2)c1. The second-order valence-corrected chi connectivity index (χ2v) is 7.15. The van der Waals surface area contributed by atoms with Crippen LogP contribution < -0.4 is 10.1 Å². The van der Waals surface area contributed by atoms with E-state index in [4.69, 9.17) is 4.74 Å². The first-order valence-corrected chi connectivity index (χ1v) is 8.83.